The second kappa shape index (κ2) is 8.35. The lowest BCUT2D eigenvalue weighted by atomic mass is 9.96. The highest BCUT2D eigenvalue weighted by atomic mass is 16.4. The smallest absolute Gasteiger partial charge is 0.323 e. The Morgan fingerprint density at radius 2 is 1.83 bits per heavy atom. The number of carboxylic acids is 1. The molecule has 1 saturated heterocycles. The molecule has 2 fully saturated rings. The topological polar surface area (TPSA) is 90.0 Å². The minimum atomic E-state index is -1.01. The normalized spacial score (nSPS) is 21.8. The van der Waals surface area contributed by atoms with E-state index < -0.39 is 5.97 Å². The summed E-state index contributed by atoms with van der Waals surface area (Å²) in [6, 6.07) is -0.00206. The largest absolute Gasteiger partial charge is 0.480 e. The molecule has 1 heterocycles. The lowest BCUT2D eigenvalue weighted by Gasteiger charge is -2.36. The zero-order chi connectivity index (χ0) is 17.7. The van der Waals surface area contributed by atoms with E-state index in [1.807, 2.05) is 13.8 Å². The van der Waals surface area contributed by atoms with Crippen LogP contribution < -0.4 is 5.32 Å². The predicted octanol–water partition coefficient (Wildman–Crippen LogP) is 1.67. The molecule has 1 saturated carbocycles. The Kier molecular flexibility index (Phi) is 6.45. The number of likely N-dealkylation sites (tertiary alicyclic amines) is 1. The zero-order valence-electron chi connectivity index (χ0n) is 14.7. The van der Waals surface area contributed by atoms with Crippen molar-refractivity contribution in [3.8, 4) is 0 Å². The molecule has 1 atom stereocenters. The quantitative estimate of drug-likeness (QED) is 0.797. The third-order valence-corrected chi connectivity index (χ3v) is 4.95. The molecule has 2 rings (SSSR count). The second-order valence-electron chi connectivity index (χ2n) is 7.17. The van der Waals surface area contributed by atoms with Gasteiger partial charge in [0.1, 0.15) is 6.54 Å². The molecular weight excluding hydrogens is 310 g/mol. The summed E-state index contributed by atoms with van der Waals surface area (Å²) >= 11 is 0. The van der Waals surface area contributed by atoms with E-state index in [4.69, 9.17) is 5.11 Å². The van der Waals surface area contributed by atoms with Gasteiger partial charge in [0, 0.05) is 25.2 Å². The molecule has 2 aliphatic rings. The number of nitrogens with zero attached hydrogens (tertiary/aromatic N) is 2. The minimum absolute atomic E-state index is 0.0891. The van der Waals surface area contributed by atoms with Gasteiger partial charge < -0.3 is 20.2 Å². The van der Waals surface area contributed by atoms with Gasteiger partial charge in [-0.15, -0.1) is 0 Å². The predicted molar refractivity (Wildman–Crippen MR) is 89.6 cm³/mol. The molecule has 24 heavy (non-hydrogen) atoms. The summed E-state index contributed by atoms with van der Waals surface area (Å²) < 4.78 is 0. The molecular formula is C17H29N3O4. The average Bonchev–Trinajstić information content (AvgIpc) is 3.04. The van der Waals surface area contributed by atoms with Crippen molar-refractivity contribution in [3.05, 3.63) is 0 Å². The maximum Gasteiger partial charge on any atom is 0.323 e. The van der Waals surface area contributed by atoms with E-state index >= 15 is 0 Å². The van der Waals surface area contributed by atoms with Crippen LogP contribution in [-0.2, 0) is 9.59 Å². The van der Waals surface area contributed by atoms with Crippen LogP contribution in [0.4, 0.5) is 4.79 Å². The van der Waals surface area contributed by atoms with E-state index in [1.54, 1.807) is 4.90 Å². The standard InChI is InChI=1S/C17H29N3O4/c1-12(2)20(11-15(21)22)16(23)13-6-5-9-19(10-13)17(24)18-14-7-3-4-8-14/h12-14H,3-11H2,1-2H3,(H,18,24)(H,21,22). The summed E-state index contributed by atoms with van der Waals surface area (Å²) in [5.74, 6) is -1.48. The van der Waals surface area contributed by atoms with Crippen molar-refractivity contribution in [2.75, 3.05) is 19.6 Å². The molecule has 0 aromatic heterocycles. The fourth-order valence-electron chi connectivity index (χ4n) is 3.59. The van der Waals surface area contributed by atoms with Crippen LogP contribution in [0.25, 0.3) is 0 Å². The number of carbonyl (C=O) groups is 3. The number of urea groups is 1. The summed E-state index contributed by atoms with van der Waals surface area (Å²) in [6.07, 6.45) is 5.85. The first-order chi connectivity index (χ1) is 11.4. The molecule has 1 unspecified atom stereocenters. The number of hydrogen-bond acceptors (Lipinski definition) is 3. The molecule has 7 nitrogen and oxygen atoms in total. The van der Waals surface area contributed by atoms with E-state index in [1.165, 1.54) is 4.90 Å². The van der Waals surface area contributed by atoms with Crippen LogP contribution in [-0.4, -0.2) is 64.5 Å². The lowest BCUT2D eigenvalue weighted by molar-refractivity contribution is -0.148. The number of carbonyl (C=O) groups excluding carboxylic acids is 2. The highest BCUT2D eigenvalue weighted by molar-refractivity contribution is 5.84. The minimum Gasteiger partial charge on any atom is -0.480 e. The molecule has 0 bridgehead atoms. The van der Waals surface area contributed by atoms with E-state index in [2.05, 4.69) is 5.32 Å². The van der Waals surface area contributed by atoms with Crippen LogP contribution in [0.1, 0.15) is 52.4 Å². The maximum atomic E-state index is 12.7. The molecule has 7 heteroatoms. The Balaban J connectivity index is 1.94. The highest BCUT2D eigenvalue weighted by Crippen LogP contribution is 2.22. The number of nitrogens with one attached hydrogen (secondary N) is 1. The number of piperidine rings is 1. The second-order valence-corrected chi connectivity index (χ2v) is 7.17. The van der Waals surface area contributed by atoms with Crippen molar-refractivity contribution < 1.29 is 19.5 Å². The van der Waals surface area contributed by atoms with Gasteiger partial charge >= 0.3 is 12.0 Å². The molecule has 0 spiro atoms. The van der Waals surface area contributed by atoms with E-state index in [0.29, 0.717) is 19.5 Å². The number of amides is 3. The molecule has 0 radical (unpaired) electrons. The van der Waals surface area contributed by atoms with Gasteiger partial charge in [0.15, 0.2) is 0 Å². The third kappa shape index (κ3) is 4.85. The van der Waals surface area contributed by atoms with Crippen molar-refractivity contribution in [1.29, 1.82) is 0 Å². The van der Waals surface area contributed by atoms with Gasteiger partial charge in [0.05, 0.1) is 5.92 Å². The molecule has 0 aromatic rings. The van der Waals surface area contributed by atoms with Gasteiger partial charge in [-0.3, -0.25) is 9.59 Å². The third-order valence-electron chi connectivity index (χ3n) is 4.95. The molecule has 0 aromatic carbocycles. The van der Waals surface area contributed by atoms with Gasteiger partial charge in [0.2, 0.25) is 5.91 Å². The Morgan fingerprint density at radius 1 is 1.17 bits per heavy atom. The Hall–Kier alpha value is -1.79. The van der Waals surface area contributed by atoms with Crippen LogP contribution in [0.2, 0.25) is 0 Å². The number of hydrogen-bond donors (Lipinski definition) is 2. The number of rotatable bonds is 5. The zero-order valence-corrected chi connectivity index (χ0v) is 14.7. The summed E-state index contributed by atoms with van der Waals surface area (Å²) in [4.78, 5) is 39.2. The summed E-state index contributed by atoms with van der Waals surface area (Å²) in [5, 5.41) is 12.1. The van der Waals surface area contributed by atoms with E-state index in [9.17, 15) is 14.4 Å². The summed E-state index contributed by atoms with van der Waals surface area (Å²) in [6.45, 7) is 4.37. The molecule has 1 aliphatic heterocycles. The monoisotopic (exact) mass is 339 g/mol. The molecule has 1 aliphatic carbocycles. The first-order valence-corrected chi connectivity index (χ1v) is 8.96. The highest BCUT2D eigenvalue weighted by Gasteiger charge is 2.33. The van der Waals surface area contributed by atoms with Crippen LogP contribution >= 0.6 is 0 Å². The average molecular weight is 339 g/mol. The first kappa shape index (κ1) is 18.5. The van der Waals surface area contributed by atoms with Crippen LogP contribution in [0, 0.1) is 5.92 Å². The number of carboxylic acid groups (broad SMARTS) is 1. The van der Waals surface area contributed by atoms with Gasteiger partial charge in [-0.25, -0.2) is 4.79 Å². The number of aliphatic carboxylic acids is 1. The first-order valence-electron chi connectivity index (χ1n) is 8.96. The van der Waals surface area contributed by atoms with Crippen molar-refractivity contribution in [2.45, 2.75) is 64.5 Å². The van der Waals surface area contributed by atoms with E-state index in [0.717, 1.165) is 32.1 Å². The fourth-order valence-corrected chi connectivity index (χ4v) is 3.59. The van der Waals surface area contributed by atoms with Crippen molar-refractivity contribution >= 4 is 17.9 Å². The van der Waals surface area contributed by atoms with Crippen LogP contribution in [0.3, 0.4) is 0 Å². The molecule has 2 N–H and O–H groups in total. The Labute approximate surface area is 143 Å². The fraction of sp³-hybridized carbons (Fsp3) is 0.824. The molecule has 3 amide bonds. The summed E-state index contributed by atoms with van der Waals surface area (Å²) in [7, 11) is 0. The van der Waals surface area contributed by atoms with Crippen molar-refractivity contribution in [2.24, 2.45) is 5.92 Å². The Bertz CT molecular complexity index is 474. The Morgan fingerprint density at radius 3 is 2.42 bits per heavy atom. The van der Waals surface area contributed by atoms with Gasteiger partial charge in [-0.05, 0) is 39.5 Å². The SMILES string of the molecule is CC(C)N(CC(=O)O)C(=O)C1CCCN(C(=O)NC2CCCC2)C1. The van der Waals surface area contributed by atoms with Crippen molar-refractivity contribution in [3.63, 3.8) is 0 Å². The van der Waals surface area contributed by atoms with Crippen LogP contribution in [0.15, 0.2) is 0 Å². The summed E-state index contributed by atoms with van der Waals surface area (Å²) in [5.41, 5.74) is 0. The molecule has 136 valence electrons. The van der Waals surface area contributed by atoms with Gasteiger partial charge in [-0.1, -0.05) is 12.8 Å². The van der Waals surface area contributed by atoms with Crippen LogP contribution in [0.5, 0.6) is 0 Å². The van der Waals surface area contributed by atoms with E-state index in [-0.39, 0.29) is 36.5 Å². The lowest BCUT2D eigenvalue weighted by Crippen LogP contribution is -2.52. The van der Waals surface area contributed by atoms with Gasteiger partial charge in [-0.2, -0.15) is 0 Å². The van der Waals surface area contributed by atoms with Crippen molar-refractivity contribution in [1.82, 2.24) is 15.1 Å². The van der Waals surface area contributed by atoms with Gasteiger partial charge in [0.25, 0.3) is 0 Å². The maximum absolute atomic E-state index is 12.7.